The third kappa shape index (κ3) is 5.36. The number of rotatable bonds is 5. The maximum Gasteiger partial charge on any atom is 0.317 e. The topological polar surface area (TPSA) is 110 Å². The summed E-state index contributed by atoms with van der Waals surface area (Å²) in [5, 5.41) is 3.04. The standard InChI is InChI=1S/C21H33N5O3/c1-13-18(22)14(2)24-21(23-13)29-15(3)19(27)25-17-9-11-26(12-10-17)20(28)16-7-5-4-6-8-16/h15-17H,4-12,22H2,1-3H3,(H,25,27). The molecule has 0 aromatic carbocycles. The number of hydrogen-bond acceptors (Lipinski definition) is 6. The highest BCUT2D eigenvalue weighted by molar-refractivity contribution is 5.81. The van der Waals surface area contributed by atoms with Gasteiger partial charge in [0.05, 0.1) is 17.1 Å². The number of nitrogens with zero attached hydrogens (tertiary/aromatic N) is 3. The molecule has 2 aliphatic rings. The van der Waals surface area contributed by atoms with E-state index in [9.17, 15) is 9.59 Å². The van der Waals surface area contributed by atoms with Crippen molar-refractivity contribution in [1.29, 1.82) is 0 Å². The molecule has 0 spiro atoms. The summed E-state index contributed by atoms with van der Waals surface area (Å²) in [6.45, 7) is 6.65. The van der Waals surface area contributed by atoms with Gasteiger partial charge in [-0.15, -0.1) is 0 Å². The molecule has 1 saturated heterocycles. The Balaban J connectivity index is 1.46. The zero-order valence-electron chi connectivity index (χ0n) is 17.7. The molecular formula is C21H33N5O3. The number of carbonyl (C=O) groups is 2. The quantitative estimate of drug-likeness (QED) is 0.779. The van der Waals surface area contributed by atoms with Gasteiger partial charge in [-0.1, -0.05) is 19.3 Å². The Labute approximate surface area is 172 Å². The van der Waals surface area contributed by atoms with E-state index >= 15 is 0 Å². The van der Waals surface area contributed by atoms with Crippen LogP contribution in [-0.4, -0.2) is 51.9 Å². The Morgan fingerprint density at radius 1 is 1.07 bits per heavy atom. The summed E-state index contributed by atoms with van der Waals surface area (Å²) in [5.41, 5.74) is 7.66. The van der Waals surface area contributed by atoms with E-state index < -0.39 is 6.10 Å². The molecule has 160 valence electrons. The first kappa shape index (κ1) is 21.3. The number of likely N-dealkylation sites (tertiary alicyclic amines) is 1. The predicted octanol–water partition coefficient (Wildman–Crippen LogP) is 2.13. The van der Waals surface area contributed by atoms with Gasteiger partial charge >= 0.3 is 6.01 Å². The zero-order chi connectivity index (χ0) is 21.0. The third-order valence-electron chi connectivity index (χ3n) is 6.07. The molecule has 3 N–H and O–H groups in total. The molecule has 3 rings (SSSR count). The van der Waals surface area contributed by atoms with Crippen LogP contribution in [0.2, 0.25) is 0 Å². The molecule has 1 aliphatic heterocycles. The number of anilines is 1. The van der Waals surface area contributed by atoms with Gasteiger partial charge in [0.25, 0.3) is 5.91 Å². The SMILES string of the molecule is Cc1nc(OC(C)C(=O)NC2CCN(C(=O)C3CCCCC3)CC2)nc(C)c1N. The lowest BCUT2D eigenvalue weighted by atomic mass is 9.87. The molecule has 1 saturated carbocycles. The van der Waals surface area contributed by atoms with Gasteiger partial charge in [-0.05, 0) is 46.5 Å². The van der Waals surface area contributed by atoms with E-state index in [4.69, 9.17) is 10.5 Å². The van der Waals surface area contributed by atoms with Gasteiger partial charge < -0.3 is 20.7 Å². The summed E-state index contributed by atoms with van der Waals surface area (Å²) < 4.78 is 5.62. The van der Waals surface area contributed by atoms with Crippen molar-refractivity contribution in [2.24, 2.45) is 5.92 Å². The first-order chi connectivity index (χ1) is 13.8. The second kappa shape index (κ2) is 9.41. The molecule has 1 aromatic rings. The molecule has 2 fully saturated rings. The second-order valence-electron chi connectivity index (χ2n) is 8.29. The maximum absolute atomic E-state index is 12.7. The molecule has 1 aromatic heterocycles. The summed E-state index contributed by atoms with van der Waals surface area (Å²) in [4.78, 5) is 35.6. The van der Waals surface area contributed by atoms with Crippen LogP contribution >= 0.6 is 0 Å². The van der Waals surface area contributed by atoms with Crippen molar-refractivity contribution in [2.45, 2.75) is 77.9 Å². The summed E-state index contributed by atoms with van der Waals surface area (Å²) in [7, 11) is 0. The fraction of sp³-hybridized carbons (Fsp3) is 0.714. The average molecular weight is 404 g/mol. The molecule has 1 aliphatic carbocycles. The molecule has 8 nitrogen and oxygen atoms in total. The van der Waals surface area contributed by atoms with Crippen molar-refractivity contribution < 1.29 is 14.3 Å². The third-order valence-corrected chi connectivity index (χ3v) is 6.07. The Morgan fingerprint density at radius 2 is 1.66 bits per heavy atom. The lowest BCUT2D eigenvalue weighted by Gasteiger charge is -2.35. The van der Waals surface area contributed by atoms with E-state index in [0.717, 1.165) is 38.5 Å². The van der Waals surface area contributed by atoms with Crippen molar-refractivity contribution in [3.05, 3.63) is 11.4 Å². The summed E-state index contributed by atoms with van der Waals surface area (Å²) in [6.07, 6.45) is 6.46. The minimum absolute atomic E-state index is 0.0553. The zero-order valence-corrected chi connectivity index (χ0v) is 17.7. The van der Waals surface area contributed by atoms with E-state index in [1.54, 1.807) is 20.8 Å². The lowest BCUT2D eigenvalue weighted by Crippen LogP contribution is -2.50. The molecular weight excluding hydrogens is 370 g/mol. The number of piperidine rings is 1. The van der Waals surface area contributed by atoms with Gasteiger partial charge in [0.1, 0.15) is 0 Å². The lowest BCUT2D eigenvalue weighted by molar-refractivity contribution is -0.137. The first-order valence-electron chi connectivity index (χ1n) is 10.7. The number of carbonyl (C=O) groups excluding carboxylic acids is 2. The molecule has 2 amide bonds. The molecule has 1 atom stereocenters. The predicted molar refractivity (Wildman–Crippen MR) is 110 cm³/mol. The van der Waals surface area contributed by atoms with E-state index in [0.29, 0.717) is 36.1 Å². The van der Waals surface area contributed by atoms with Crippen molar-refractivity contribution in [3.63, 3.8) is 0 Å². The van der Waals surface area contributed by atoms with E-state index in [1.165, 1.54) is 6.42 Å². The fourth-order valence-corrected chi connectivity index (χ4v) is 4.13. The average Bonchev–Trinajstić information content (AvgIpc) is 2.72. The number of amides is 2. The maximum atomic E-state index is 12.7. The van der Waals surface area contributed by atoms with Crippen LogP contribution in [-0.2, 0) is 9.59 Å². The van der Waals surface area contributed by atoms with Crippen LogP contribution in [0, 0.1) is 19.8 Å². The Kier molecular flexibility index (Phi) is 6.92. The van der Waals surface area contributed by atoms with Crippen molar-refractivity contribution >= 4 is 17.5 Å². The van der Waals surface area contributed by atoms with Gasteiger partial charge in [0.2, 0.25) is 5.91 Å². The van der Waals surface area contributed by atoms with Crippen LogP contribution in [0.4, 0.5) is 5.69 Å². The molecule has 2 heterocycles. The number of ether oxygens (including phenoxy) is 1. The highest BCUT2D eigenvalue weighted by Gasteiger charge is 2.30. The van der Waals surface area contributed by atoms with Crippen LogP contribution in [0.5, 0.6) is 6.01 Å². The number of aryl methyl sites for hydroxylation is 2. The van der Waals surface area contributed by atoms with Crippen molar-refractivity contribution in [2.75, 3.05) is 18.8 Å². The minimum Gasteiger partial charge on any atom is -0.450 e. The normalized spacial score (nSPS) is 19.6. The summed E-state index contributed by atoms with van der Waals surface area (Å²) >= 11 is 0. The molecule has 8 heteroatoms. The smallest absolute Gasteiger partial charge is 0.317 e. The Morgan fingerprint density at radius 3 is 2.24 bits per heavy atom. The summed E-state index contributed by atoms with van der Waals surface area (Å²) in [5.74, 6) is 0.311. The first-order valence-corrected chi connectivity index (χ1v) is 10.7. The van der Waals surface area contributed by atoms with E-state index in [1.807, 2.05) is 4.90 Å². The molecule has 0 radical (unpaired) electrons. The number of aromatic nitrogens is 2. The van der Waals surface area contributed by atoms with E-state index in [-0.39, 0.29) is 23.9 Å². The number of hydrogen-bond donors (Lipinski definition) is 2. The van der Waals surface area contributed by atoms with Gasteiger partial charge in [0.15, 0.2) is 6.10 Å². The Hall–Kier alpha value is -2.38. The van der Waals surface area contributed by atoms with Crippen molar-refractivity contribution in [1.82, 2.24) is 20.2 Å². The highest BCUT2D eigenvalue weighted by atomic mass is 16.5. The monoisotopic (exact) mass is 403 g/mol. The van der Waals surface area contributed by atoms with Gasteiger partial charge in [-0.2, -0.15) is 9.97 Å². The van der Waals surface area contributed by atoms with Gasteiger partial charge in [-0.25, -0.2) is 0 Å². The second-order valence-corrected chi connectivity index (χ2v) is 8.29. The van der Waals surface area contributed by atoms with Crippen LogP contribution in [0.3, 0.4) is 0 Å². The number of nitrogens with one attached hydrogen (secondary N) is 1. The number of nitrogen functional groups attached to an aromatic ring is 1. The van der Waals surface area contributed by atoms with Crippen molar-refractivity contribution in [3.8, 4) is 6.01 Å². The number of nitrogens with two attached hydrogens (primary N) is 1. The highest BCUT2D eigenvalue weighted by Crippen LogP contribution is 2.26. The van der Waals surface area contributed by atoms with Crippen LogP contribution in [0.1, 0.15) is 63.3 Å². The van der Waals surface area contributed by atoms with Crippen LogP contribution in [0.25, 0.3) is 0 Å². The largest absolute Gasteiger partial charge is 0.450 e. The molecule has 1 unspecified atom stereocenters. The van der Waals surface area contributed by atoms with Crippen LogP contribution < -0.4 is 15.8 Å². The fourth-order valence-electron chi connectivity index (χ4n) is 4.13. The van der Waals surface area contributed by atoms with Gasteiger partial charge in [-0.3, -0.25) is 9.59 Å². The molecule has 29 heavy (non-hydrogen) atoms. The Bertz CT molecular complexity index is 717. The minimum atomic E-state index is -0.709. The van der Waals surface area contributed by atoms with Gasteiger partial charge in [0, 0.05) is 25.0 Å². The molecule has 0 bridgehead atoms. The van der Waals surface area contributed by atoms with E-state index in [2.05, 4.69) is 15.3 Å². The summed E-state index contributed by atoms with van der Waals surface area (Å²) in [6, 6.07) is 0.213. The van der Waals surface area contributed by atoms with Crippen LogP contribution in [0.15, 0.2) is 0 Å².